The standard InChI is InChI=1S/C12H6F3N3O2/c13-12(14,15)7-3-1-2-6(4-7)9-8(5-16)10(19)18-11(20)17-9/h1-4H,(H2,17,18,19,20). The maximum Gasteiger partial charge on any atom is 0.416 e. The normalized spacial score (nSPS) is 11.1. The third-order valence-electron chi connectivity index (χ3n) is 2.53. The lowest BCUT2D eigenvalue weighted by Gasteiger charge is -2.09. The molecule has 0 bridgehead atoms. The molecule has 1 heterocycles. The molecule has 102 valence electrons. The summed E-state index contributed by atoms with van der Waals surface area (Å²) >= 11 is 0. The first-order chi connectivity index (χ1) is 9.32. The lowest BCUT2D eigenvalue weighted by Crippen LogP contribution is -2.25. The Kier molecular flexibility index (Phi) is 3.19. The van der Waals surface area contributed by atoms with E-state index in [0.717, 1.165) is 18.2 Å². The third kappa shape index (κ3) is 2.47. The largest absolute Gasteiger partial charge is 0.416 e. The molecule has 0 spiro atoms. The molecule has 5 nitrogen and oxygen atoms in total. The predicted molar refractivity (Wildman–Crippen MR) is 62.8 cm³/mol. The van der Waals surface area contributed by atoms with Crippen molar-refractivity contribution >= 4 is 0 Å². The molecule has 2 N–H and O–H groups in total. The Labute approximate surface area is 109 Å². The first-order valence-corrected chi connectivity index (χ1v) is 5.27. The maximum absolute atomic E-state index is 12.6. The zero-order valence-corrected chi connectivity index (χ0v) is 9.71. The lowest BCUT2D eigenvalue weighted by atomic mass is 10.0. The lowest BCUT2D eigenvalue weighted by molar-refractivity contribution is -0.137. The van der Waals surface area contributed by atoms with Gasteiger partial charge in [-0.1, -0.05) is 12.1 Å². The van der Waals surface area contributed by atoms with Gasteiger partial charge in [-0.15, -0.1) is 0 Å². The molecule has 0 fully saturated rings. The van der Waals surface area contributed by atoms with Crippen molar-refractivity contribution in [1.29, 1.82) is 5.26 Å². The van der Waals surface area contributed by atoms with Crippen LogP contribution in [-0.2, 0) is 6.18 Å². The Morgan fingerprint density at radius 2 is 1.85 bits per heavy atom. The molecule has 1 aromatic carbocycles. The Morgan fingerprint density at radius 1 is 1.15 bits per heavy atom. The summed E-state index contributed by atoms with van der Waals surface area (Å²) in [4.78, 5) is 26.6. The van der Waals surface area contributed by atoms with E-state index in [0.29, 0.717) is 0 Å². The highest BCUT2D eigenvalue weighted by molar-refractivity contribution is 5.66. The smallest absolute Gasteiger partial charge is 0.306 e. The van der Waals surface area contributed by atoms with Crippen molar-refractivity contribution in [3.63, 3.8) is 0 Å². The number of H-pyrrole nitrogens is 2. The van der Waals surface area contributed by atoms with E-state index >= 15 is 0 Å². The molecule has 20 heavy (non-hydrogen) atoms. The molecule has 2 aromatic rings. The zero-order chi connectivity index (χ0) is 14.9. The number of rotatable bonds is 1. The number of alkyl halides is 3. The van der Waals surface area contributed by atoms with Crippen LogP contribution in [0.5, 0.6) is 0 Å². The van der Waals surface area contributed by atoms with Gasteiger partial charge in [-0.3, -0.25) is 9.78 Å². The van der Waals surface area contributed by atoms with Crippen LogP contribution in [0, 0.1) is 11.3 Å². The van der Waals surface area contributed by atoms with Gasteiger partial charge in [0.1, 0.15) is 11.6 Å². The van der Waals surface area contributed by atoms with Crippen molar-refractivity contribution in [3.8, 4) is 17.3 Å². The first kappa shape index (κ1) is 13.6. The second-order valence-electron chi connectivity index (χ2n) is 3.85. The highest BCUT2D eigenvalue weighted by atomic mass is 19.4. The topological polar surface area (TPSA) is 89.5 Å². The summed E-state index contributed by atoms with van der Waals surface area (Å²) in [7, 11) is 0. The Balaban J connectivity index is 2.73. The molecular formula is C12H6F3N3O2. The van der Waals surface area contributed by atoms with Crippen LogP contribution in [0.25, 0.3) is 11.3 Å². The molecule has 2 rings (SSSR count). The molecule has 0 amide bonds. The summed E-state index contributed by atoms with van der Waals surface area (Å²) in [6, 6.07) is 5.54. The van der Waals surface area contributed by atoms with E-state index in [9.17, 15) is 22.8 Å². The zero-order valence-electron chi connectivity index (χ0n) is 9.71. The highest BCUT2D eigenvalue weighted by Crippen LogP contribution is 2.31. The van der Waals surface area contributed by atoms with Crippen molar-refractivity contribution in [1.82, 2.24) is 9.97 Å². The predicted octanol–water partition coefficient (Wildman–Crippen LogP) is 1.62. The molecule has 0 atom stereocenters. The number of aromatic amines is 2. The summed E-state index contributed by atoms with van der Waals surface area (Å²) in [5.74, 6) is 0. The van der Waals surface area contributed by atoms with E-state index in [2.05, 4.69) is 4.98 Å². The SMILES string of the molecule is N#Cc1c(-c2cccc(C(F)(F)F)c2)[nH]c(=O)[nH]c1=O. The summed E-state index contributed by atoms with van der Waals surface area (Å²) in [6.45, 7) is 0. The first-order valence-electron chi connectivity index (χ1n) is 5.27. The van der Waals surface area contributed by atoms with Crippen molar-refractivity contribution < 1.29 is 13.2 Å². The second-order valence-corrected chi connectivity index (χ2v) is 3.85. The molecule has 8 heteroatoms. The molecule has 0 aliphatic carbocycles. The number of nitrogens with zero attached hydrogens (tertiary/aromatic N) is 1. The summed E-state index contributed by atoms with van der Waals surface area (Å²) < 4.78 is 37.9. The van der Waals surface area contributed by atoms with Crippen LogP contribution in [-0.4, -0.2) is 9.97 Å². The van der Waals surface area contributed by atoms with Gasteiger partial charge in [0.15, 0.2) is 0 Å². The summed E-state index contributed by atoms with van der Waals surface area (Å²) in [6.07, 6.45) is -4.57. The Hall–Kier alpha value is -2.82. The van der Waals surface area contributed by atoms with E-state index in [1.807, 2.05) is 4.98 Å². The van der Waals surface area contributed by atoms with Gasteiger partial charge < -0.3 is 4.98 Å². The summed E-state index contributed by atoms with van der Waals surface area (Å²) in [5.41, 5.74) is -3.57. The van der Waals surface area contributed by atoms with Crippen LogP contribution in [0.3, 0.4) is 0 Å². The van der Waals surface area contributed by atoms with Gasteiger partial charge in [-0.2, -0.15) is 18.4 Å². The van der Waals surface area contributed by atoms with Crippen LogP contribution >= 0.6 is 0 Å². The Bertz CT molecular complexity index is 812. The fourth-order valence-electron chi connectivity index (χ4n) is 1.66. The minimum absolute atomic E-state index is 0.0698. The number of hydrogen-bond donors (Lipinski definition) is 2. The van der Waals surface area contributed by atoms with Gasteiger partial charge in [-0.25, -0.2) is 4.79 Å². The van der Waals surface area contributed by atoms with Crippen molar-refractivity contribution in [2.45, 2.75) is 6.18 Å². The minimum Gasteiger partial charge on any atom is -0.306 e. The molecule has 0 saturated heterocycles. The molecule has 0 aliphatic heterocycles. The van der Waals surface area contributed by atoms with E-state index in [1.165, 1.54) is 6.07 Å². The molecule has 0 unspecified atom stereocenters. The van der Waals surface area contributed by atoms with Gasteiger partial charge in [0, 0.05) is 5.56 Å². The van der Waals surface area contributed by atoms with E-state index < -0.39 is 28.6 Å². The molecule has 0 saturated carbocycles. The number of hydrogen-bond acceptors (Lipinski definition) is 3. The quantitative estimate of drug-likeness (QED) is 0.832. The van der Waals surface area contributed by atoms with Crippen LogP contribution in [0.4, 0.5) is 13.2 Å². The van der Waals surface area contributed by atoms with Crippen LogP contribution in [0.15, 0.2) is 33.9 Å². The van der Waals surface area contributed by atoms with Crippen molar-refractivity contribution in [3.05, 3.63) is 56.2 Å². The van der Waals surface area contributed by atoms with Crippen LogP contribution in [0.2, 0.25) is 0 Å². The van der Waals surface area contributed by atoms with Gasteiger partial charge in [0.05, 0.1) is 11.3 Å². The average molecular weight is 281 g/mol. The number of nitriles is 1. The highest BCUT2D eigenvalue weighted by Gasteiger charge is 2.30. The van der Waals surface area contributed by atoms with Crippen LogP contribution in [0.1, 0.15) is 11.1 Å². The van der Waals surface area contributed by atoms with E-state index in [4.69, 9.17) is 5.26 Å². The maximum atomic E-state index is 12.6. The number of nitrogens with one attached hydrogen (secondary N) is 2. The van der Waals surface area contributed by atoms with Gasteiger partial charge in [0.25, 0.3) is 5.56 Å². The van der Waals surface area contributed by atoms with Gasteiger partial charge in [0.2, 0.25) is 0 Å². The van der Waals surface area contributed by atoms with Gasteiger partial charge >= 0.3 is 11.9 Å². The molecule has 0 aliphatic rings. The number of aromatic nitrogens is 2. The molecule has 1 aromatic heterocycles. The average Bonchev–Trinajstić information content (AvgIpc) is 2.37. The molecular weight excluding hydrogens is 275 g/mol. The molecule has 0 radical (unpaired) electrons. The Morgan fingerprint density at radius 3 is 2.45 bits per heavy atom. The van der Waals surface area contributed by atoms with E-state index in [-0.39, 0.29) is 11.3 Å². The number of halogens is 3. The third-order valence-corrected chi connectivity index (χ3v) is 2.53. The fourth-order valence-corrected chi connectivity index (χ4v) is 1.66. The summed E-state index contributed by atoms with van der Waals surface area (Å²) in [5, 5.41) is 8.87. The van der Waals surface area contributed by atoms with Crippen molar-refractivity contribution in [2.24, 2.45) is 0 Å². The monoisotopic (exact) mass is 281 g/mol. The fraction of sp³-hybridized carbons (Fsp3) is 0.0833. The minimum atomic E-state index is -4.57. The number of benzene rings is 1. The van der Waals surface area contributed by atoms with Gasteiger partial charge in [-0.05, 0) is 12.1 Å². The van der Waals surface area contributed by atoms with E-state index in [1.54, 1.807) is 6.07 Å². The second kappa shape index (κ2) is 4.70. The van der Waals surface area contributed by atoms with Crippen LogP contribution < -0.4 is 11.2 Å². The van der Waals surface area contributed by atoms with Crippen molar-refractivity contribution in [2.75, 3.05) is 0 Å².